The van der Waals surface area contributed by atoms with E-state index in [0.717, 1.165) is 5.31 Å². The maximum atomic E-state index is 5.20. The fraction of sp³-hybridized carbons (Fsp3) is 0.455. The fourth-order valence-electron chi connectivity index (χ4n) is 0.454. The molecule has 0 aromatic rings. The van der Waals surface area contributed by atoms with Crippen LogP contribution < -0.4 is 0 Å². The highest BCUT2D eigenvalue weighted by Gasteiger charge is 2.11. The lowest BCUT2D eigenvalue weighted by molar-refractivity contribution is 0.505. The highest BCUT2D eigenvalue weighted by Crippen LogP contribution is 2.31. The molecule has 0 aromatic carbocycles. The summed E-state index contributed by atoms with van der Waals surface area (Å²) in [5, 5.41) is 0.874. The molecule has 0 rings (SSSR count). The van der Waals surface area contributed by atoms with Crippen molar-refractivity contribution >= 4 is 8.58 Å². The number of terminal acetylenes is 1. The van der Waals surface area contributed by atoms with Crippen molar-refractivity contribution in [3.63, 3.8) is 0 Å². The number of rotatable bonds is 2. The van der Waals surface area contributed by atoms with Crippen LogP contribution in [0.3, 0.4) is 0 Å². The Bertz CT molecular complexity index is 233. The van der Waals surface area contributed by atoms with Gasteiger partial charge in [0.15, 0.2) is 0 Å². The molecule has 0 aliphatic carbocycles. The van der Waals surface area contributed by atoms with Crippen molar-refractivity contribution in [2.75, 3.05) is 0 Å². The average molecular weight is 180 g/mol. The first-order chi connectivity index (χ1) is 5.38. The second kappa shape index (κ2) is 4.48. The number of hydrogen-bond donors (Lipinski definition) is 0. The summed E-state index contributed by atoms with van der Waals surface area (Å²) in [6.07, 6.45) is 5.20. The smallest absolute Gasteiger partial charge is 0.0188 e. The first kappa shape index (κ1) is 11.5. The van der Waals surface area contributed by atoms with E-state index in [1.165, 1.54) is 5.57 Å². The molecule has 0 saturated carbocycles. The van der Waals surface area contributed by atoms with E-state index in [1.54, 1.807) is 0 Å². The first-order valence-corrected chi connectivity index (χ1v) is 5.05. The molecule has 66 valence electrons. The minimum atomic E-state index is 0.252. The normalized spacial score (nSPS) is 13.4. The summed E-state index contributed by atoms with van der Waals surface area (Å²) in [4.78, 5) is 0. The zero-order valence-corrected chi connectivity index (χ0v) is 9.36. The van der Waals surface area contributed by atoms with Gasteiger partial charge in [-0.1, -0.05) is 53.2 Å². The van der Waals surface area contributed by atoms with Crippen LogP contribution in [0, 0.1) is 17.8 Å². The van der Waals surface area contributed by atoms with E-state index in [9.17, 15) is 0 Å². The Morgan fingerprint density at radius 3 is 2.33 bits per heavy atom. The molecule has 0 radical (unpaired) electrons. The third-order valence-electron chi connectivity index (χ3n) is 1.82. The molecule has 0 amide bonds. The van der Waals surface area contributed by atoms with Crippen molar-refractivity contribution < 1.29 is 0 Å². The van der Waals surface area contributed by atoms with Crippen LogP contribution in [0.5, 0.6) is 0 Å². The van der Waals surface area contributed by atoms with Crippen molar-refractivity contribution in [2.45, 2.75) is 27.7 Å². The largest absolute Gasteiger partial charge is 0.115 e. The van der Waals surface area contributed by atoms with Crippen molar-refractivity contribution in [1.82, 2.24) is 0 Å². The second-order valence-corrected chi connectivity index (χ2v) is 5.03. The van der Waals surface area contributed by atoms with Crippen molar-refractivity contribution in [3.8, 4) is 12.3 Å². The van der Waals surface area contributed by atoms with Gasteiger partial charge in [-0.3, -0.25) is 0 Å². The van der Waals surface area contributed by atoms with E-state index in [1.807, 2.05) is 0 Å². The SMILES string of the molecule is C#CC(=C)P/C=C(\C)C(C)(C)C. The predicted octanol–water partition coefficient (Wildman–Crippen LogP) is 3.76. The molecule has 0 saturated heterocycles. The van der Waals surface area contributed by atoms with E-state index >= 15 is 0 Å². The zero-order valence-electron chi connectivity index (χ0n) is 8.36. The van der Waals surface area contributed by atoms with Gasteiger partial charge in [0.1, 0.15) is 0 Å². The Morgan fingerprint density at radius 2 is 2.00 bits per heavy atom. The van der Waals surface area contributed by atoms with Gasteiger partial charge in [-0.2, -0.15) is 0 Å². The van der Waals surface area contributed by atoms with Crippen LogP contribution >= 0.6 is 8.58 Å². The fourth-order valence-corrected chi connectivity index (χ4v) is 1.36. The molecular formula is C11H17P. The standard InChI is InChI=1S/C11H17P/c1-7-10(3)12-8-9(2)11(4,5)6/h1,8,12H,3H2,2,4-6H3/b9-8+. The monoisotopic (exact) mass is 180 g/mol. The van der Waals surface area contributed by atoms with Gasteiger partial charge in [0, 0.05) is 5.31 Å². The van der Waals surface area contributed by atoms with Crippen LogP contribution in [0.1, 0.15) is 27.7 Å². The first-order valence-electron chi connectivity index (χ1n) is 3.97. The van der Waals surface area contributed by atoms with E-state index in [0.29, 0.717) is 8.58 Å². The lowest BCUT2D eigenvalue weighted by Crippen LogP contribution is -2.05. The molecule has 0 nitrogen and oxygen atoms in total. The summed E-state index contributed by atoms with van der Waals surface area (Å²) in [6.45, 7) is 12.5. The molecular weight excluding hydrogens is 163 g/mol. The molecule has 0 aromatic heterocycles. The Kier molecular flexibility index (Phi) is 4.29. The third-order valence-corrected chi connectivity index (χ3v) is 2.89. The van der Waals surface area contributed by atoms with Gasteiger partial charge >= 0.3 is 0 Å². The topological polar surface area (TPSA) is 0 Å². The van der Waals surface area contributed by atoms with Crippen molar-refractivity contribution in [2.24, 2.45) is 5.41 Å². The van der Waals surface area contributed by atoms with Gasteiger partial charge in [0.05, 0.1) is 0 Å². The highest BCUT2D eigenvalue weighted by atomic mass is 31.1. The van der Waals surface area contributed by atoms with Crippen LogP contribution in [-0.4, -0.2) is 0 Å². The van der Waals surface area contributed by atoms with E-state index < -0.39 is 0 Å². The lowest BCUT2D eigenvalue weighted by Gasteiger charge is -2.19. The van der Waals surface area contributed by atoms with Gasteiger partial charge in [0.2, 0.25) is 0 Å². The van der Waals surface area contributed by atoms with E-state index in [4.69, 9.17) is 6.42 Å². The van der Waals surface area contributed by atoms with Crippen LogP contribution in [0.25, 0.3) is 0 Å². The van der Waals surface area contributed by atoms with Gasteiger partial charge in [0.25, 0.3) is 0 Å². The van der Waals surface area contributed by atoms with Crippen LogP contribution in [0.2, 0.25) is 0 Å². The Morgan fingerprint density at radius 1 is 1.50 bits per heavy atom. The number of hydrogen-bond acceptors (Lipinski definition) is 0. The molecule has 12 heavy (non-hydrogen) atoms. The summed E-state index contributed by atoms with van der Waals surface area (Å²) in [7, 11) is 0.567. The van der Waals surface area contributed by atoms with Gasteiger partial charge in [-0.25, -0.2) is 0 Å². The maximum absolute atomic E-state index is 5.20. The van der Waals surface area contributed by atoms with Gasteiger partial charge < -0.3 is 0 Å². The zero-order chi connectivity index (χ0) is 9.78. The quantitative estimate of drug-likeness (QED) is 0.448. The number of allylic oxidation sites excluding steroid dienone is 2. The highest BCUT2D eigenvalue weighted by molar-refractivity contribution is 7.47. The summed E-state index contributed by atoms with van der Waals surface area (Å²) in [6, 6.07) is 0. The second-order valence-electron chi connectivity index (χ2n) is 3.84. The molecule has 0 spiro atoms. The summed E-state index contributed by atoms with van der Waals surface area (Å²) < 4.78 is 0. The molecule has 0 N–H and O–H groups in total. The molecule has 0 fully saturated rings. The average Bonchev–Trinajstić information content (AvgIpc) is 1.97. The van der Waals surface area contributed by atoms with Crippen LogP contribution in [-0.2, 0) is 0 Å². The molecule has 0 aliphatic rings. The molecule has 1 unspecified atom stereocenters. The minimum Gasteiger partial charge on any atom is -0.115 e. The third kappa shape index (κ3) is 4.37. The summed E-state index contributed by atoms with van der Waals surface area (Å²) in [5.41, 5.74) is 1.62. The van der Waals surface area contributed by atoms with E-state index in [-0.39, 0.29) is 5.41 Å². The maximum Gasteiger partial charge on any atom is 0.0188 e. The Hall–Kier alpha value is -0.530. The van der Waals surface area contributed by atoms with Crippen molar-refractivity contribution in [1.29, 1.82) is 0 Å². The molecule has 1 atom stereocenters. The minimum absolute atomic E-state index is 0.252. The Balaban J connectivity index is 4.23. The summed E-state index contributed by atoms with van der Waals surface area (Å²) >= 11 is 0. The predicted molar refractivity (Wildman–Crippen MR) is 59.5 cm³/mol. The van der Waals surface area contributed by atoms with Crippen LogP contribution in [0.15, 0.2) is 23.3 Å². The van der Waals surface area contributed by atoms with Gasteiger partial charge in [-0.15, -0.1) is 6.42 Å². The van der Waals surface area contributed by atoms with Crippen molar-refractivity contribution in [3.05, 3.63) is 23.3 Å². The molecule has 0 bridgehead atoms. The van der Waals surface area contributed by atoms with E-state index in [2.05, 4.69) is 46.0 Å². The van der Waals surface area contributed by atoms with Gasteiger partial charge in [-0.05, 0) is 12.3 Å². The summed E-state index contributed by atoms with van der Waals surface area (Å²) in [5.74, 6) is 4.73. The molecule has 0 heterocycles. The lowest BCUT2D eigenvalue weighted by atomic mass is 9.89. The molecule has 0 aliphatic heterocycles. The Labute approximate surface area is 77.9 Å². The molecule has 1 heteroatoms. The van der Waals surface area contributed by atoms with Crippen LogP contribution in [0.4, 0.5) is 0 Å².